The third-order valence-corrected chi connectivity index (χ3v) is 6.31. The molecule has 0 aliphatic carbocycles. The lowest BCUT2D eigenvalue weighted by Crippen LogP contribution is -3.14. The fourth-order valence-electron chi connectivity index (χ4n) is 4.02. The molecule has 2 aliphatic rings. The second kappa shape index (κ2) is 6.95. The highest BCUT2D eigenvalue weighted by molar-refractivity contribution is 7.12. The number of aliphatic hydroxyl groups is 1. The Morgan fingerprint density at radius 1 is 1.15 bits per heavy atom. The number of carbonyl (C=O) groups excluding carboxylic acids is 2. The lowest BCUT2D eigenvalue weighted by Gasteiger charge is -2.29. The van der Waals surface area contributed by atoms with Crippen LogP contribution in [0, 0.1) is 0 Å². The number of amides is 1. The molecule has 6 heteroatoms. The van der Waals surface area contributed by atoms with E-state index in [1.165, 1.54) is 35.5 Å². The van der Waals surface area contributed by atoms with E-state index < -0.39 is 5.60 Å². The number of nitrogens with zero attached hydrogens (tertiary/aromatic N) is 1. The number of likely N-dealkylation sites (tertiary alicyclic amines) is 1. The van der Waals surface area contributed by atoms with Crippen molar-refractivity contribution in [3.05, 3.63) is 52.2 Å². The topological polar surface area (TPSA) is 62.0 Å². The smallest absolute Gasteiger partial charge is 0.268 e. The van der Waals surface area contributed by atoms with Crippen molar-refractivity contribution in [3.8, 4) is 0 Å². The van der Waals surface area contributed by atoms with E-state index in [0.29, 0.717) is 17.1 Å². The zero-order valence-corrected chi connectivity index (χ0v) is 15.4. The average molecular weight is 371 g/mol. The number of nitrogens with one attached hydrogen (secondary N) is 1. The molecule has 1 aromatic carbocycles. The van der Waals surface area contributed by atoms with E-state index in [1.807, 2.05) is 23.6 Å². The maximum absolute atomic E-state index is 13.2. The van der Waals surface area contributed by atoms with Gasteiger partial charge in [0.15, 0.2) is 18.1 Å². The van der Waals surface area contributed by atoms with E-state index in [0.717, 1.165) is 18.8 Å². The van der Waals surface area contributed by atoms with Gasteiger partial charge in [-0.1, -0.05) is 24.3 Å². The molecular weight excluding hydrogens is 348 g/mol. The van der Waals surface area contributed by atoms with Crippen molar-refractivity contribution in [1.82, 2.24) is 0 Å². The molecule has 2 aromatic rings. The Labute approximate surface area is 156 Å². The molecule has 3 heterocycles. The van der Waals surface area contributed by atoms with Crippen molar-refractivity contribution < 1.29 is 19.6 Å². The van der Waals surface area contributed by atoms with E-state index in [9.17, 15) is 14.7 Å². The van der Waals surface area contributed by atoms with Gasteiger partial charge in [0.25, 0.3) is 5.91 Å². The van der Waals surface area contributed by atoms with Crippen molar-refractivity contribution in [2.24, 2.45) is 0 Å². The maximum Gasteiger partial charge on any atom is 0.268 e. The lowest BCUT2D eigenvalue weighted by molar-refractivity contribution is -0.903. The predicted molar refractivity (Wildman–Crippen MR) is 101 cm³/mol. The molecule has 1 fully saturated rings. The number of carbonyl (C=O) groups is 2. The van der Waals surface area contributed by atoms with Crippen LogP contribution < -0.4 is 9.80 Å². The van der Waals surface area contributed by atoms with Crippen LogP contribution in [-0.4, -0.2) is 36.6 Å². The first-order valence-corrected chi connectivity index (χ1v) is 10.0. The molecule has 0 radical (unpaired) electrons. The SMILES string of the molecule is O=C(C[C@@]1(O)C(=O)N(C[NH+]2CCCCC2)c2ccccc21)c1cccs1. The molecule has 0 saturated carbocycles. The van der Waals surface area contributed by atoms with E-state index in [2.05, 4.69) is 0 Å². The van der Waals surface area contributed by atoms with Crippen LogP contribution >= 0.6 is 11.3 Å². The molecule has 1 amide bonds. The first-order chi connectivity index (χ1) is 12.6. The van der Waals surface area contributed by atoms with Crippen molar-refractivity contribution in [3.63, 3.8) is 0 Å². The first kappa shape index (κ1) is 17.4. The number of hydrogen-bond donors (Lipinski definition) is 2. The Morgan fingerprint density at radius 3 is 2.65 bits per heavy atom. The molecule has 2 aliphatic heterocycles. The summed E-state index contributed by atoms with van der Waals surface area (Å²) in [4.78, 5) is 29.4. The number of quaternary nitrogens is 1. The lowest BCUT2D eigenvalue weighted by atomic mass is 9.89. The second-order valence-electron chi connectivity index (χ2n) is 7.16. The molecular formula is C20H23N2O3S+. The Bertz CT molecular complexity index is 814. The molecule has 1 aromatic heterocycles. The van der Waals surface area contributed by atoms with E-state index in [1.54, 1.807) is 23.1 Å². The van der Waals surface area contributed by atoms with Gasteiger partial charge in [-0.3, -0.25) is 14.5 Å². The standard InChI is InChI=1S/C20H22N2O3S/c23-17(18-9-6-12-26-18)13-20(25)15-7-2-3-8-16(15)22(19(20)24)14-21-10-4-1-5-11-21/h2-3,6-9,12,25H,1,4-5,10-11,13-14H2/p+1/t20-/m0/s1. The van der Waals surface area contributed by atoms with Gasteiger partial charge in [-0.2, -0.15) is 0 Å². The van der Waals surface area contributed by atoms with Gasteiger partial charge in [0.1, 0.15) is 0 Å². The molecule has 26 heavy (non-hydrogen) atoms. The monoisotopic (exact) mass is 371 g/mol. The van der Waals surface area contributed by atoms with Crippen LogP contribution in [-0.2, 0) is 10.4 Å². The number of ketones is 1. The van der Waals surface area contributed by atoms with E-state index >= 15 is 0 Å². The summed E-state index contributed by atoms with van der Waals surface area (Å²) in [5.74, 6) is -0.570. The van der Waals surface area contributed by atoms with Crippen LogP contribution in [0.1, 0.15) is 40.9 Å². The first-order valence-electron chi connectivity index (χ1n) is 9.14. The number of hydrogen-bond acceptors (Lipinski definition) is 4. The number of fused-ring (bicyclic) bond motifs is 1. The quantitative estimate of drug-likeness (QED) is 0.785. The summed E-state index contributed by atoms with van der Waals surface area (Å²) in [7, 11) is 0. The Morgan fingerprint density at radius 2 is 1.92 bits per heavy atom. The molecule has 1 saturated heterocycles. The summed E-state index contributed by atoms with van der Waals surface area (Å²) >= 11 is 1.34. The summed E-state index contributed by atoms with van der Waals surface area (Å²) in [6.45, 7) is 2.63. The molecule has 136 valence electrons. The minimum absolute atomic E-state index is 0.196. The molecule has 0 unspecified atom stereocenters. The van der Waals surface area contributed by atoms with Gasteiger partial charge in [0.05, 0.1) is 30.1 Å². The zero-order chi connectivity index (χ0) is 18.1. The summed E-state index contributed by atoms with van der Waals surface area (Å²) < 4.78 is 0. The summed E-state index contributed by atoms with van der Waals surface area (Å²) in [5.41, 5.74) is -0.490. The van der Waals surface area contributed by atoms with Gasteiger partial charge in [-0.05, 0) is 36.8 Å². The molecule has 0 spiro atoms. The number of thiophene rings is 1. The number of piperidine rings is 1. The van der Waals surface area contributed by atoms with Crippen LogP contribution in [0.15, 0.2) is 41.8 Å². The zero-order valence-electron chi connectivity index (χ0n) is 14.6. The van der Waals surface area contributed by atoms with E-state index in [4.69, 9.17) is 0 Å². The van der Waals surface area contributed by atoms with Crippen LogP contribution in [0.2, 0.25) is 0 Å². The van der Waals surface area contributed by atoms with Crippen molar-refractivity contribution in [1.29, 1.82) is 0 Å². The van der Waals surface area contributed by atoms with Crippen LogP contribution in [0.25, 0.3) is 0 Å². The van der Waals surface area contributed by atoms with Gasteiger partial charge >= 0.3 is 0 Å². The van der Waals surface area contributed by atoms with Crippen molar-refractivity contribution in [2.45, 2.75) is 31.3 Å². The number of Topliss-reactive ketones (excluding diaryl/α,β-unsaturated/α-hetero) is 1. The molecule has 2 N–H and O–H groups in total. The number of para-hydroxylation sites is 1. The predicted octanol–water partition coefficient (Wildman–Crippen LogP) is 1.58. The van der Waals surface area contributed by atoms with E-state index in [-0.39, 0.29) is 18.1 Å². The van der Waals surface area contributed by atoms with Crippen LogP contribution in [0.4, 0.5) is 5.69 Å². The van der Waals surface area contributed by atoms with Gasteiger partial charge in [-0.25, -0.2) is 0 Å². The van der Waals surface area contributed by atoms with Crippen molar-refractivity contribution >= 4 is 28.7 Å². The normalized spacial score (nSPS) is 23.3. The highest BCUT2D eigenvalue weighted by Crippen LogP contribution is 2.42. The average Bonchev–Trinajstić information content (AvgIpc) is 3.26. The highest BCUT2D eigenvalue weighted by atomic mass is 32.1. The third-order valence-electron chi connectivity index (χ3n) is 5.39. The fraction of sp³-hybridized carbons (Fsp3) is 0.400. The summed E-state index contributed by atoms with van der Waals surface area (Å²) in [5, 5.41) is 13.1. The van der Waals surface area contributed by atoms with Gasteiger partial charge in [0.2, 0.25) is 0 Å². The Balaban J connectivity index is 1.63. The minimum atomic E-state index is -1.77. The minimum Gasteiger partial charge on any atom is -0.375 e. The van der Waals surface area contributed by atoms with Gasteiger partial charge in [0, 0.05) is 5.56 Å². The van der Waals surface area contributed by atoms with Gasteiger partial charge < -0.3 is 10.0 Å². The third kappa shape index (κ3) is 2.98. The Kier molecular flexibility index (Phi) is 4.65. The molecule has 5 nitrogen and oxygen atoms in total. The molecule has 1 atom stereocenters. The number of anilines is 1. The Hall–Kier alpha value is -2.02. The largest absolute Gasteiger partial charge is 0.375 e. The fourth-order valence-corrected chi connectivity index (χ4v) is 4.69. The second-order valence-corrected chi connectivity index (χ2v) is 8.10. The van der Waals surface area contributed by atoms with Crippen molar-refractivity contribution in [2.75, 3.05) is 24.7 Å². The highest BCUT2D eigenvalue weighted by Gasteiger charge is 2.51. The summed E-state index contributed by atoms with van der Waals surface area (Å²) in [6.07, 6.45) is 3.36. The molecule has 0 bridgehead atoms. The van der Waals surface area contributed by atoms with Crippen LogP contribution in [0.3, 0.4) is 0 Å². The van der Waals surface area contributed by atoms with Gasteiger partial charge in [-0.15, -0.1) is 11.3 Å². The number of rotatable bonds is 5. The molecule has 4 rings (SSSR count). The number of benzene rings is 1. The van der Waals surface area contributed by atoms with Crippen LogP contribution in [0.5, 0.6) is 0 Å². The maximum atomic E-state index is 13.2. The summed E-state index contributed by atoms with van der Waals surface area (Å²) in [6, 6.07) is 10.8.